The van der Waals surface area contributed by atoms with E-state index in [-0.39, 0.29) is 47.0 Å². The van der Waals surface area contributed by atoms with Crippen LogP contribution in [0.1, 0.15) is 143 Å². The highest BCUT2D eigenvalue weighted by atomic mass is 16.5. The van der Waals surface area contributed by atoms with Gasteiger partial charge in [0.1, 0.15) is 0 Å². The van der Waals surface area contributed by atoms with E-state index in [1.165, 1.54) is 64.2 Å². The zero-order chi connectivity index (χ0) is 41.3. The van der Waals surface area contributed by atoms with Gasteiger partial charge in [-0.1, -0.05) is 59.8 Å². The second-order valence-electron chi connectivity index (χ2n) is 18.8. The third-order valence-corrected chi connectivity index (χ3v) is 15.1. The maximum absolute atomic E-state index is 7.63. The summed E-state index contributed by atoms with van der Waals surface area (Å²) in [5.41, 5.74) is 17.0. The van der Waals surface area contributed by atoms with Crippen LogP contribution in [-0.4, -0.2) is 88.7 Å². The number of fused-ring (bicyclic) bond motifs is 5. The van der Waals surface area contributed by atoms with Crippen LogP contribution in [0.5, 0.6) is 0 Å². The first kappa shape index (κ1) is 47.3. The summed E-state index contributed by atoms with van der Waals surface area (Å²) in [5, 5.41) is 35.3. The molecule has 0 radical (unpaired) electrons. The molecule has 5 unspecified atom stereocenters. The third kappa shape index (κ3) is 13.6. The van der Waals surface area contributed by atoms with Crippen molar-refractivity contribution in [1.82, 2.24) is 21.3 Å². The van der Waals surface area contributed by atoms with Gasteiger partial charge in [-0.25, -0.2) is 0 Å². The molecular formula is C44H86N10O3. The Bertz CT molecular complexity index is 1210. The minimum Gasteiger partial charge on any atom is -0.378 e. The molecule has 4 fully saturated rings. The normalized spacial score (nSPS) is 32.4. The highest BCUT2D eigenvalue weighted by Crippen LogP contribution is 2.69. The Morgan fingerprint density at radius 1 is 0.667 bits per heavy atom. The largest absolute Gasteiger partial charge is 0.378 e. The number of rotatable bonds is 27. The van der Waals surface area contributed by atoms with Gasteiger partial charge in [0, 0.05) is 44.9 Å². The number of nitrogens with two attached hydrogens (primary N) is 3. The predicted octanol–water partition coefficient (Wildman–Crippen LogP) is 6.01. The Labute approximate surface area is 346 Å². The summed E-state index contributed by atoms with van der Waals surface area (Å²) < 4.78 is 20.7. The molecule has 0 bridgehead atoms. The van der Waals surface area contributed by atoms with Crippen LogP contribution in [0, 0.1) is 62.6 Å². The molecular weight excluding hydrogens is 717 g/mol. The molecule has 13 nitrogen and oxygen atoms in total. The van der Waals surface area contributed by atoms with E-state index in [0.29, 0.717) is 75.0 Å². The molecule has 57 heavy (non-hydrogen) atoms. The zero-order valence-corrected chi connectivity index (χ0v) is 36.5. The fourth-order valence-electron chi connectivity index (χ4n) is 12.1. The van der Waals surface area contributed by atoms with Gasteiger partial charge in [-0.05, 0) is 137 Å². The molecule has 0 aromatic heterocycles. The molecule has 4 aliphatic carbocycles. The first-order valence-corrected chi connectivity index (χ1v) is 23.2. The van der Waals surface area contributed by atoms with Crippen LogP contribution in [0.2, 0.25) is 0 Å². The Kier molecular flexibility index (Phi) is 20.0. The quantitative estimate of drug-likeness (QED) is 0.0265. The van der Waals surface area contributed by atoms with Gasteiger partial charge in [-0.3, -0.25) is 16.2 Å². The summed E-state index contributed by atoms with van der Waals surface area (Å²) in [4.78, 5) is 0. The molecule has 4 rings (SSSR count). The van der Waals surface area contributed by atoms with Crippen molar-refractivity contribution in [3.8, 4) is 0 Å². The molecule has 0 saturated heterocycles. The van der Waals surface area contributed by atoms with Crippen molar-refractivity contribution in [2.45, 2.75) is 162 Å². The van der Waals surface area contributed by atoms with E-state index in [2.05, 4.69) is 49.0 Å². The summed E-state index contributed by atoms with van der Waals surface area (Å²) in [6.07, 6.45) is 21.5. The second-order valence-corrected chi connectivity index (χ2v) is 18.8. The van der Waals surface area contributed by atoms with E-state index in [1.54, 1.807) is 0 Å². The van der Waals surface area contributed by atoms with Crippen LogP contribution in [0.3, 0.4) is 0 Å². The predicted molar refractivity (Wildman–Crippen MR) is 233 cm³/mol. The van der Waals surface area contributed by atoms with E-state index in [0.717, 1.165) is 64.5 Å². The van der Waals surface area contributed by atoms with Crippen LogP contribution in [0.15, 0.2) is 0 Å². The molecule has 13 N–H and O–H groups in total. The summed E-state index contributed by atoms with van der Waals surface area (Å²) in [7, 11) is 0. The Morgan fingerprint density at radius 3 is 1.91 bits per heavy atom. The highest BCUT2D eigenvalue weighted by Gasteiger charge is 2.66. The molecule has 0 aliphatic heterocycles. The van der Waals surface area contributed by atoms with Crippen molar-refractivity contribution in [3.05, 3.63) is 0 Å². The van der Waals surface area contributed by atoms with Gasteiger partial charge >= 0.3 is 0 Å². The first-order valence-electron chi connectivity index (χ1n) is 23.2. The zero-order valence-electron chi connectivity index (χ0n) is 36.5. The standard InChI is InChI=1S/C44H86N10O3/c1-5-6-7-8-9-10-20-51-21-11-15-31(2)34-16-17-35-39-36(30-38(44(34,35)4)57-27-14-24-54-42(49)50)43(3)19-18-33(55-25-12-22-52-40(45)46)28-32(43)29-37(39)56-26-13-23-53-41(47)48/h31-39,51H,5-30H2,1-4H3,(H4,45,46,52)(H4,47,48,53)(H4,49,50,54)/t31-,32?,33-,34?,35+,36+,37-,38+,39?,43?,44?/m1/s1. The van der Waals surface area contributed by atoms with Gasteiger partial charge in [0.05, 0.1) is 18.3 Å². The van der Waals surface area contributed by atoms with Crippen molar-refractivity contribution in [1.29, 1.82) is 16.2 Å². The smallest absolute Gasteiger partial charge is 0.185 e. The fourth-order valence-corrected chi connectivity index (χ4v) is 12.1. The van der Waals surface area contributed by atoms with E-state index in [1.807, 2.05) is 0 Å². The molecule has 0 spiro atoms. The molecule has 4 saturated carbocycles. The lowest BCUT2D eigenvalue weighted by Gasteiger charge is -2.65. The molecule has 13 heteroatoms. The van der Waals surface area contributed by atoms with Crippen LogP contribution in [0.25, 0.3) is 0 Å². The number of guanidine groups is 3. The van der Waals surface area contributed by atoms with Crippen LogP contribution < -0.4 is 38.5 Å². The van der Waals surface area contributed by atoms with Crippen molar-refractivity contribution in [2.24, 2.45) is 63.5 Å². The lowest BCUT2D eigenvalue weighted by molar-refractivity contribution is -0.227. The Hall–Kier alpha value is -2.35. The Balaban J connectivity index is 1.49. The maximum Gasteiger partial charge on any atom is 0.185 e. The number of hydrogen-bond donors (Lipinski definition) is 10. The van der Waals surface area contributed by atoms with Crippen molar-refractivity contribution in [2.75, 3.05) is 52.5 Å². The van der Waals surface area contributed by atoms with E-state index in [4.69, 9.17) is 47.6 Å². The number of nitrogens with one attached hydrogen (secondary N) is 7. The van der Waals surface area contributed by atoms with Crippen molar-refractivity contribution in [3.63, 3.8) is 0 Å². The number of hydrogen-bond acceptors (Lipinski definition) is 7. The molecule has 0 aromatic carbocycles. The van der Waals surface area contributed by atoms with Gasteiger partial charge < -0.3 is 52.7 Å². The van der Waals surface area contributed by atoms with Crippen molar-refractivity contribution < 1.29 is 14.2 Å². The third-order valence-electron chi connectivity index (χ3n) is 15.1. The number of ether oxygens (including phenoxy) is 3. The van der Waals surface area contributed by atoms with E-state index in [9.17, 15) is 0 Å². The SMILES string of the molecule is CCCCCCCCNCCC[C@@H](C)C1CC[C@H]2C3[C@H](OCCCNC(=N)N)CC4C[C@H](OCCCNC(=N)N)CCC4(C)[C@H]3C[C@H](OCCCNC(=N)N)C12C. The lowest BCUT2D eigenvalue weighted by atomic mass is 9.43. The topological polar surface area (TPSA) is 225 Å². The van der Waals surface area contributed by atoms with Crippen molar-refractivity contribution >= 4 is 17.9 Å². The van der Waals surface area contributed by atoms with Crippen LogP contribution >= 0.6 is 0 Å². The summed E-state index contributed by atoms with van der Waals surface area (Å²) in [5.74, 6) is 3.32. The molecule has 4 aliphatic rings. The maximum atomic E-state index is 7.63. The minimum absolute atomic E-state index is 0.0105. The summed E-state index contributed by atoms with van der Waals surface area (Å²) in [6, 6.07) is 0. The average Bonchev–Trinajstić information content (AvgIpc) is 3.53. The molecule has 0 heterocycles. The first-order chi connectivity index (χ1) is 27.4. The van der Waals surface area contributed by atoms with Gasteiger partial charge in [-0.2, -0.15) is 0 Å². The van der Waals surface area contributed by atoms with Gasteiger partial charge in [0.25, 0.3) is 0 Å². The summed E-state index contributed by atoms with van der Waals surface area (Å²) in [6.45, 7) is 16.2. The molecule has 330 valence electrons. The second kappa shape index (κ2) is 24.0. The van der Waals surface area contributed by atoms with Crippen LogP contribution in [0.4, 0.5) is 0 Å². The number of unbranched alkanes of at least 4 members (excludes halogenated alkanes) is 5. The van der Waals surface area contributed by atoms with Gasteiger partial charge in [0.15, 0.2) is 17.9 Å². The lowest BCUT2D eigenvalue weighted by Crippen LogP contribution is -2.63. The van der Waals surface area contributed by atoms with Gasteiger partial charge in [-0.15, -0.1) is 0 Å². The van der Waals surface area contributed by atoms with Gasteiger partial charge in [0.2, 0.25) is 0 Å². The Morgan fingerprint density at radius 2 is 1.26 bits per heavy atom. The molecule has 0 aromatic rings. The monoisotopic (exact) mass is 803 g/mol. The average molecular weight is 803 g/mol. The molecule has 11 atom stereocenters. The molecule has 0 amide bonds. The van der Waals surface area contributed by atoms with Crippen LogP contribution in [-0.2, 0) is 14.2 Å². The van der Waals surface area contributed by atoms with E-state index < -0.39 is 0 Å². The van der Waals surface area contributed by atoms with E-state index >= 15 is 0 Å². The fraction of sp³-hybridized carbons (Fsp3) is 0.932. The minimum atomic E-state index is 0.0105. The summed E-state index contributed by atoms with van der Waals surface area (Å²) >= 11 is 0. The highest BCUT2D eigenvalue weighted by molar-refractivity contribution is 5.74.